The van der Waals surface area contributed by atoms with E-state index in [9.17, 15) is 4.79 Å². The van der Waals surface area contributed by atoms with Gasteiger partial charge in [0.25, 0.3) is 0 Å². The highest BCUT2D eigenvalue weighted by atomic mass is 32.2. The van der Waals surface area contributed by atoms with E-state index in [4.69, 9.17) is 0 Å². The Morgan fingerprint density at radius 1 is 1.62 bits per heavy atom. The third-order valence-electron chi connectivity index (χ3n) is 0.724. The van der Waals surface area contributed by atoms with E-state index in [1.54, 1.807) is 0 Å². The Morgan fingerprint density at radius 3 is 2.62 bits per heavy atom. The van der Waals surface area contributed by atoms with Gasteiger partial charge in [-0.25, -0.2) is 9.79 Å². The summed E-state index contributed by atoms with van der Waals surface area (Å²) in [5.74, 6) is 1.05. The van der Waals surface area contributed by atoms with Crippen LogP contribution >= 0.6 is 10.9 Å². The van der Waals surface area contributed by atoms with Crippen LogP contribution in [0.1, 0.15) is 0 Å². The lowest BCUT2D eigenvalue weighted by atomic mass is 10.8. The van der Waals surface area contributed by atoms with E-state index in [1.165, 1.54) is 6.08 Å². The van der Waals surface area contributed by atoms with Crippen molar-refractivity contribution >= 4 is 17.0 Å². The summed E-state index contributed by atoms with van der Waals surface area (Å²) in [7, 11) is 0.115. The Labute approximate surface area is 52.3 Å². The monoisotopic (exact) mass is 133 g/mol. The van der Waals surface area contributed by atoms with Crippen LogP contribution in [0, 0.1) is 0 Å². The van der Waals surface area contributed by atoms with Gasteiger partial charge in [-0.2, -0.15) is 0 Å². The lowest BCUT2D eigenvalue weighted by molar-refractivity contribution is 0.563. The van der Waals surface area contributed by atoms with E-state index >= 15 is 0 Å². The zero-order valence-electron chi connectivity index (χ0n) is 5.22. The lowest BCUT2D eigenvalue weighted by Crippen LogP contribution is -1.88. The number of hydrogen-bond acceptors (Lipinski definition) is 2. The minimum atomic E-state index is 0.115. The third-order valence-corrected chi connectivity index (χ3v) is 1.82. The molecule has 0 rings (SSSR count). The van der Waals surface area contributed by atoms with E-state index in [1.807, 2.05) is 0 Å². The van der Waals surface area contributed by atoms with Gasteiger partial charge in [-0.3, -0.25) is 10.9 Å². The molecule has 0 aromatic heterocycles. The Bertz CT molecular complexity index is 96.6. The van der Waals surface area contributed by atoms with Crippen molar-refractivity contribution in [1.82, 2.24) is 0 Å². The quantitative estimate of drug-likeness (QED) is 0.340. The summed E-state index contributed by atoms with van der Waals surface area (Å²) in [5.41, 5.74) is 0. The molecule has 0 aromatic carbocycles. The van der Waals surface area contributed by atoms with Crippen LogP contribution in [-0.2, 0) is 4.79 Å². The average molecular weight is 133 g/mol. The minimum Gasteiger partial charge on any atom is -0.257 e. The van der Waals surface area contributed by atoms with Crippen LogP contribution in [-0.4, -0.2) is 30.9 Å². The Hall–Kier alpha value is -0.270. The van der Waals surface area contributed by atoms with Crippen molar-refractivity contribution in [1.29, 1.82) is 0 Å². The van der Waals surface area contributed by atoms with Crippen molar-refractivity contribution in [3.63, 3.8) is 0 Å². The van der Waals surface area contributed by atoms with Gasteiger partial charge in [-0.15, -0.1) is 0 Å². The Morgan fingerprint density at radius 2 is 2.25 bits per heavy atom. The van der Waals surface area contributed by atoms with Gasteiger partial charge >= 0.3 is 0 Å². The number of aliphatic imine (C=N–C) groups is 1. The Kier molecular flexibility index (Phi) is 4.71. The summed E-state index contributed by atoms with van der Waals surface area (Å²) in [6.45, 7) is 0.655. The highest BCUT2D eigenvalue weighted by Gasteiger charge is 1.83. The number of rotatable bonds is 3. The molecule has 0 aromatic rings. The SMILES string of the molecule is C[SH](C)CCN=C=O. The van der Waals surface area contributed by atoms with E-state index in [0.29, 0.717) is 6.54 Å². The van der Waals surface area contributed by atoms with E-state index < -0.39 is 0 Å². The molecule has 8 heavy (non-hydrogen) atoms. The zero-order chi connectivity index (χ0) is 6.41. The second-order valence-corrected chi connectivity index (χ2v) is 4.38. The molecule has 0 fully saturated rings. The first-order valence-electron chi connectivity index (χ1n) is 2.45. The van der Waals surface area contributed by atoms with Crippen LogP contribution in [0.15, 0.2) is 4.99 Å². The first-order chi connectivity index (χ1) is 3.77. The molecule has 0 heterocycles. The van der Waals surface area contributed by atoms with Gasteiger partial charge in [0.2, 0.25) is 6.08 Å². The molecule has 0 radical (unpaired) electrons. The van der Waals surface area contributed by atoms with Gasteiger partial charge in [-0.05, 0) is 18.3 Å². The van der Waals surface area contributed by atoms with Gasteiger partial charge in [0.1, 0.15) is 0 Å². The maximum absolute atomic E-state index is 9.50. The maximum Gasteiger partial charge on any atom is 0.234 e. The van der Waals surface area contributed by atoms with Crippen molar-refractivity contribution in [2.45, 2.75) is 0 Å². The standard InChI is InChI=1S/C5H11NOS/c1-8(2)4-3-6-5-7/h8H,3-4H2,1-2H3. The number of hydrogen-bond donors (Lipinski definition) is 1. The molecular formula is C5H11NOS. The summed E-state index contributed by atoms with van der Waals surface area (Å²) in [6, 6.07) is 0. The van der Waals surface area contributed by atoms with Crippen LogP contribution in [0.25, 0.3) is 0 Å². The molecule has 0 aliphatic carbocycles. The molecule has 0 N–H and O–H groups in total. The van der Waals surface area contributed by atoms with E-state index in [-0.39, 0.29) is 10.9 Å². The second-order valence-electron chi connectivity index (χ2n) is 1.78. The van der Waals surface area contributed by atoms with Crippen molar-refractivity contribution in [2.24, 2.45) is 4.99 Å². The molecule has 0 saturated carbocycles. The summed E-state index contributed by atoms with van der Waals surface area (Å²) in [5, 5.41) is 0. The predicted octanol–water partition coefficient (Wildman–Crippen LogP) is 0.583. The maximum atomic E-state index is 9.50. The van der Waals surface area contributed by atoms with Gasteiger partial charge < -0.3 is 0 Å². The van der Waals surface area contributed by atoms with Crippen LogP contribution in [0.4, 0.5) is 0 Å². The van der Waals surface area contributed by atoms with Crippen molar-refractivity contribution < 1.29 is 4.79 Å². The van der Waals surface area contributed by atoms with E-state index in [0.717, 1.165) is 5.75 Å². The second kappa shape index (κ2) is 4.88. The molecule has 0 aliphatic heterocycles. The molecule has 48 valence electrons. The highest BCUT2D eigenvalue weighted by molar-refractivity contribution is 8.15. The lowest BCUT2D eigenvalue weighted by Gasteiger charge is -2.02. The topological polar surface area (TPSA) is 29.4 Å². The van der Waals surface area contributed by atoms with Crippen LogP contribution < -0.4 is 0 Å². The number of isocyanates is 1. The number of carbonyl (C=O) groups excluding carboxylic acids is 1. The fourth-order valence-corrected chi connectivity index (χ4v) is 0.796. The molecule has 0 unspecified atom stereocenters. The average Bonchev–Trinajstić information content (AvgIpc) is 1.66. The van der Waals surface area contributed by atoms with Crippen molar-refractivity contribution in [3.05, 3.63) is 0 Å². The Balaban J connectivity index is 3.05. The largest absolute Gasteiger partial charge is 0.257 e. The van der Waals surface area contributed by atoms with Crippen LogP contribution in [0.3, 0.4) is 0 Å². The summed E-state index contributed by atoms with van der Waals surface area (Å²) >= 11 is 0. The third kappa shape index (κ3) is 5.73. The fraction of sp³-hybridized carbons (Fsp3) is 0.800. The normalized spacial score (nSPS) is 10.0. The smallest absolute Gasteiger partial charge is 0.234 e. The van der Waals surface area contributed by atoms with Gasteiger partial charge in [0.05, 0.1) is 6.54 Å². The van der Waals surface area contributed by atoms with E-state index in [2.05, 4.69) is 17.5 Å². The number of thiol groups is 1. The summed E-state index contributed by atoms with van der Waals surface area (Å²) in [4.78, 5) is 12.9. The molecular weight excluding hydrogens is 122 g/mol. The molecule has 0 bridgehead atoms. The summed E-state index contributed by atoms with van der Waals surface area (Å²) < 4.78 is 0. The number of nitrogens with zero attached hydrogens (tertiary/aromatic N) is 1. The van der Waals surface area contributed by atoms with Gasteiger partial charge in [-0.1, -0.05) is 0 Å². The minimum absolute atomic E-state index is 0.115. The molecule has 3 heteroatoms. The first kappa shape index (κ1) is 7.73. The van der Waals surface area contributed by atoms with Gasteiger partial charge in [0.15, 0.2) is 0 Å². The first-order valence-corrected chi connectivity index (χ1v) is 4.88. The fourth-order valence-electron chi connectivity index (χ4n) is 0.296. The highest BCUT2D eigenvalue weighted by Crippen LogP contribution is 2.10. The molecule has 0 amide bonds. The summed E-state index contributed by atoms with van der Waals surface area (Å²) in [6.07, 6.45) is 5.83. The molecule has 0 saturated heterocycles. The molecule has 0 aliphatic rings. The zero-order valence-corrected chi connectivity index (χ0v) is 6.11. The van der Waals surface area contributed by atoms with Crippen LogP contribution in [0.5, 0.6) is 0 Å². The molecule has 0 spiro atoms. The van der Waals surface area contributed by atoms with Crippen LogP contribution in [0.2, 0.25) is 0 Å². The molecule has 2 nitrogen and oxygen atoms in total. The molecule has 0 atom stereocenters. The predicted molar refractivity (Wildman–Crippen MR) is 38.7 cm³/mol. The van der Waals surface area contributed by atoms with Crippen molar-refractivity contribution in [3.8, 4) is 0 Å². The van der Waals surface area contributed by atoms with Gasteiger partial charge in [0, 0.05) is 0 Å². The van der Waals surface area contributed by atoms with Crippen molar-refractivity contribution in [2.75, 3.05) is 24.8 Å².